The maximum absolute atomic E-state index is 14.0. The van der Waals surface area contributed by atoms with Crippen molar-refractivity contribution in [1.29, 1.82) is 0 Å². The number of anilines is 1. The van der Waals surface area contributed by atoms with Gasteiger partial charge in [-0.05, 0) is 67.2 Å². The molecule has 4 aliphatic rings. The topological polar surface area (TPSA) is 110 Å². The number of carbonyl (C=O) groups is 4. The minimum atomic E-state index is -0.653. The molecule has 1 saturated heterocycles. The summed E-state index contributed by atoms with van der Waals surface area (Å²) >= 11 is 0. The second-order valence-corrected chi connectivity index (χ2v) is 11.2. The molecule has 1 fully saturated rings. The van der Waals surface area contributed by atoms with Crippen molar-refractivity contribution < 1.29 is 33.8 Å². The normalized spacial score (nSPS) is 24.9. The van der Waals surface area contributed by atoms with Gasteiger partial charge in [0, 0.05) is 22.6 Å². The molecule has 2 aromatic rings. The van der Waals surface area contributed by atoms with E-state index >= 15 is 0 Å². The van der Waals surface area contributed by atoms with Gasteiger partial charge < -0.3 is 14.6 Å². The molecular weight excluding hydrogens is 546 g/mol. The molecule has 0 unspecified atom stereocenters. The monoisotopic (exact) mass is 577 g/mol. The summed E-state index contributed by atoms with van der Waals surface area (Å²) in [7, 11) is 2.87. The van der Waals surface area contributed by atoms with Crippen molar-refractivity contribution in [3.63, 3.8) is 0 Å². The van der Waals surface area contributed by atoms with Gasteiger partial charge in [-0.15, -0.1) is 0 Å². The Kier molecular flexibility index (Phi) is 7.00. The Labute approximate surface area is 249 Å². The van der Waals surface area contributed by atoms with E-state index in [0.717, 1.165) is 11.1 Å². The smallest absolute Gasteiger partial charge is 0.238 e. The van der Waals surface area contributed by atoms with Crippen LogP contribution in [0.15, 0.2) is 83.5 Å². The summed E-state index contributed by atoms with van der Waals surface area (Å²) in [5.74, 6) is -2.89. The number of phenolic OH excluding ortho intramolecular Hbond substituents is 1. The molecule has 3 aliphatic carbocycles. The lowest BCUT2D eigenvalue weighted by atomic mass is 9.60. The maximum atomic E-state index is 14.0. The fraction of sp³-hybridized carbons (Fsp3) is 0.257. The number of methoxy groups -OCH3 is 2. The van der Waals surface area contributed by atoms with E-state index in [0.29, 0.717) is 34.4 Å². The number of hydrogen-bond donors (Lipinski definition) is 1. The lowest BCUT2D eigenvalue weighted by molar-refractivity contribution is -0.123. The fourth-order valence-electron chi connectivity index (χ4n) is 6.89. The van der Waals surface area contributed by atoms with Gasteiger partial charge in [-0.1, -0.05) is 48.6 Å². The highest BCUT2D eigenvalue weighted by atomic mass is 16.5. The number of phenols is 1. The van der Waals surface area contributed by atoms with E-state index in [1.54, 1.807) is 43.3 Å². The Morgan fingerprint density at radius 2 is 1.63 bits per heavy atom. The van der Waals surface area contributed by atoms with Crippen LogP contribution in [0.2, 0.25) is 0 Å². The van der Waals surface area contributed by atoms with Crippen LogP contribution in [0, 0.1) is 23.7 Å². The van der Waals surface area contributed by atoms with Gasteiger partial charge in [-0.2, -0.15) is 0 Å². The number of benzene rings is 2. The van der Waals surface area contributed by atoms with Crippen LogP contribution in [0.5, 0.6) is 17.2 Å². The third-order valence-corrected chi connectivity index (χ3v) is 8.98. The summed E-state index contributed by atoms with van der Waals surface area (Å²) in [6.45, 7) is 5.38. The average Bonchev–Trinajstić information content (AvgIpc) is 3.27. The Balaban J connectivity index is 1.42. The molecule has 8 heteroatoms. The van der Waals surface area contributed by atoms with Gasteiger partial charge in [-0.3, -0.25) is 24.1 Å². The first-order valence-electron chi connectivity index (χ1n) is 14.1. The molecule has 1 aliphatic heterocycles. The second kappa shape index (κ2) is 10.7. The highest BCUT2D eigenvalue weighted by Gasteiger charge is 2.56. The molecule has 2 amide bonds. The van der Waals surface area contributed by atoms with Gasteiger partial charge in [0.2, 0.25) is 17.6 Å². The summed E-state index contributed by atoms with van der Waals surface area (Å²) in [5.41, 5.74) is 4.04. The highest BCUT2D eigenvalue weighted by molar-refractivity contribution is 6.24. The van der Waals surface area contributed by atoms with Crippen molar-refractivity contribution in [3.8, 4) is 17.2 Å². The van der Waals surface area contributed by atoms with Gasteiger partial charge in [0.1, 0.15) is 0 Å². The van der Waals surface area contributed by atoms with Gasteiger partial charge in [0.05, 0.1) is 31.7 Å². The number of amides is 2. The Morgan fingerprint density at radius 1 is 0.953 bits per heavy atom. The Bertz CT molecular complexity index is 1700. The number of ether oxygens (including phenoxy) is 2. The summed E-state index contributed by atoms with van der Waals surface area (Å²) in [6.07, 6.45) is 9.23. The first-order chi connectivity index (χ1) is 20.7. The van der Waals surface area contributed by atoms with Crippen LogP contribution in [-0.4, -0.2) is 42.7 Å². The summed E-state index contributed by atoms with van der Waals surface area (Å²) in [5, 5.41) is 10.3. The second-order valence-electron chi connectivity index (χ2n) is 11.2. The minimum absolute atomic E-state index is 0.132. The third-order valence-electron chi connectivity index (χ3n) is 8.98. The first-order valence-corrected chi connectivity index (χ1v) is 14.1. The quantitative estimate of drug-likeness (QED) is 0.284. The SMILES string of the molecule is C=Cc1ccc(N2C(=O)[C@H]3[C@H](CC=C4[C@H](C=Cc5cc(OC)c(O)c(OC)c5)C5=C(C[C@H]43)C(=O)C(C)=CC5=O)C2=O)cc1. The molecule has 4 atom stereocenters. The van der Waals surface area contributed by atoms with Crippen LogP contribution < -0.4 is 14.4 Å². The van der Waals surface area contributed by atoms with Crippen LogP contribution in [0.25, 0.3) is 12.2 Å². The number of imide groups is 1. The molecule has 6 rings (SSSR count). The molecule has 0 saturated carbocycles. The van der Waals surface area contributed by atoms with Crippen molar-refractivity contribution in [3.05, 3.63) is 94.6 Å². The van der Waals surface area contributed by atoms with E-state index < -0.39 is 23.7 Å². The molecular formula is C35H31NO7. The lowest BCUT2D eigenvalue weighted by Gasteiger charge is -2.41. The Morgan fingerprint density at radius 3 is 2.26 bits per heavy atom. The average molecular weight is 578 g/mol. The first kappa shape index (κ1) is 28.2. The predicted octanol–water partition coefficient (Wildman–Crippen LogP) is 5.23. The Hall–Kier alpha value is -4.98. The lowest BCUT2D eigenvalue weighted by Crippen LogP contribution is -2.40. The molecule has 43 heavy (non-hydrogen) atoms. The minimum Gasteiger partial charge on any atom is -0.502 e. The molecule has 8 nitrogen and oxygen atoms in total. The highest BCUT2D eigenvalue weighted by Crippen LogP contribution is 2.53. The van der Waals surface area contributed by atoms with E-state index in [1.807, 2.05) is 24.3 Å². The fourth-order valence-corrected chi connectivity index (χ4v) is 6.89. The van der Waals surface area contributed by atoms with Crippen LogP contribution in [0.4, 0.5) is 5.69 Å². The van der Waals surface area contributed by atoms with Crippen LogP contribution >= 0.6 is 0 Å². The summed E-state index contributed by atoms with van der Waals surface area (Å²) in [4.78, 5) is 55.7. The molecule has 0 radical (unpaired) electrons. The maximum Gasteiger partial charge on any atom is 0.238 e. The van der Waals surface area contributed by atoms with Crippen molar-refractivity contribution >= 4 is 41.2 Å². The van der Waals surface area contributed by atoms with Gasteiger partial charge in [0.25, 0.3) is 0 Å². The number of ketones is 2. The van der Waals surface area contributed by atoms with Crippen LogP contribution in [-0.2, 0) is 19.2 Å². The molecule has 2 aromatic carbocycles. The van der Waals surface area contributed by atoms with Crippen LogP contribution in [0.3, 0.4) is 0 Å². The number of carbonyl (C=O) groups excluding carboxylic acids is 4. The number of rotatable bonds is 6. The van der Waals surface area contributed by atoms with Gasteiger partial charge >= 0.3 is 0 Å². The number of allylic oxidation sites excluding steroid dienone is 7. The largest absolute Gasteiger partial charge is 0.502 e. The van der Waals surface area contributed by atoms with E-state index in [1.165, 1.54) is 25.2 Å². The zero-order valence-electron chi connectivity index (χ0n) is 24.1. The number of hydrogen-bond acceptors (Lipinski definition) is 7. The summed E-state index contributed by atoms with van der Waals surface area (Å²) < 4.78 is 10.6. The van der Waals surface area contributed by atoms with E-state index in [9.17, 15) is 24.3 Å². The van der Waals surface area contributed by atoms with E-state index in [4.69, 9.17) is 9.47 Å². The van der Waals surface area contributed by atoms with Gasteiger partial charge in [-0.25, -0.2) is 0 Å². The van der Waals surface area contributed by atoms with E-state index in [2.05, 4.69) is 6.58 Å². The van der Waals surface area contributed by atoms with Gasteiger partial charge in [0.15, 0.2) is 23.1 Å². The number of nitrogens with zero attached hydrogens (tertiary/aromatic N) is 1. The molecule has 1 heterocycles. The molecule has 0 spiro atoms. The van der Waals surface area contributed by atoms with Crippen molar-refractivity contribution in [2.45, 2.75) is 19.8 Å². The van der Waals surface area contributed by atoms with Crippen LogP contribution in [0.1, 0.15) is 30.9 Å². The van der Waals surface area contributed by atoms with E-state index in [-0.39, 0.29) is 47.1 Å². The van der Waals surface area contributed by atoms with Crippen molar-refractivity contribution in [1.82, 2.24) is 0 Å². The zero-order chi connectivity index (χ0) is 30.6. The molecule has 1 N–H and O–H groups in total. The zero-order valence-corrected chi connectivity index (χ0v) is 24.1. The standard InChI is InChI=1S/C35H31NO7/c1-5-19-6-9-21(10-7-19)36-34(40)24-13-12-22-23(11-8-20-15-28(42-3)33(39)29(16-20)43-4)30-26(17-25(22)31(24)35(36)41)32(38)18(2)14-27(30)37/h5-12,14-16,23-25,31,39H,1,13,17H2,2-4H3/t23-,24-,25+,31-/m0/s1. The number of aromatic hydroxyl groups is 1. The number of Topliss-reactive ketones (excluding diaryl/α,β-unsaturated/α-hetero) is 1. The van der Waals surface area contributed by atoms with Crippen molar-refractivity contribution in [2.24, 2.45) is 23.7 Å². The predicted molar refractivity (Wildman–Crippen MR) is 161 cm³/mol. The molecule has 0 bridgehead atoms. The summed E-state index contributed by atoms with van der Waals surface area (Å²) in [6, 6.07) is 10.4. The number of fused-ring (bicyclic) bond motifs is 3. The molecule has 218 valence electrons. The van der Waals surface area contributed by atoms with Crippen molar-refractivity contribution in [2.75, 3.05) is 19.1 Å². The third kappa shape index (κ3) is 4.45. The molecule has 0 aromatic heterocycles.